The average molecular weight is 406 g/mol. The third-order valence-corrected chi connectivity index (χ3v) is 7.25. The first-order valence-corrected chi connectivity index (χ1v) is 10.8. The summed E-state index contributed by atoms with van der Waals surface area (Å²) in [4.78, 5) is 49.6. The van der Waals surface area contributed by atoms with Gasteiger partial charge in [0, 0.05) is 58.1 Å². The molecule has 3 aliphatic rings. The van der Waals surface area contributed by atoms with Crippen LogP contribution in [0.2, 0.25) is 0 Å². The lowest BCUT2D eigenvalue weighted by atomic mass is 9.75. The predicted octanol–water partition coefficient (Wildman–Crippen LogP) is 1.21. The second-order valence-corrected chi connectivity index (χ2v) is 8.87. The molecule has 3 aliphatic heterocycles. The summed E-state index contributed by atoms with van der Waals surface area (Å²) < 4.78 is 0. The number of carbonyl (C=O) groups excluding carboxylic acids is 3. The number of amides is 4. The lowest BCUT2D eigenvalue weighted by Crippen LogP contribution is -2.58. The van der Waals surface area contributed by atoms with Crippen molar-refractivity contribution >= 4 is 29.2 Å². The van der Waals surface area contributed by atoms with Crippen molar-refractivity contribution in [2.24, 2.45) is 11.8 Å². The standard InChI is InChI=1S/C19H27N5O3S/c1-4-24-16(25)13-9-23(18(27)21(2)3)10-14(13)19(24)5-7-22(8-6-19)17(26)15-11-28-12-20-15/h11-14H,4-10H2,1-3H3/t13-,14+/m0/s1. The maximum absolute atomic E-state index is 13.1. The molecule has 4 rings (SSSR count). The van der Waals surface area contributed by atoms with E-state index in [1.54, 1.807) is 29.9 Å². The molecule has 0 radical (unpaired) electrons. The Morgan fingerprint density at radius 2 is 1.96 bits per heavy atom. The molecule has 0 unspecified atom stereocenters. The zero-order valence-corrected chi connectivity index (χ0v) is 17.4. The normalized spacial score (nSPS) is 26.1. The van der Waals surface area contributed by atoms with Gasteiger partial charge in [0.2, 0.25) is 5.91 Å². The van der Waals surface area contributed by atoms with Gasteiger partial charge in [-0.25, -0.2) is 9.78 Å². The zero-order valence-electron chi connectivity index (χ0n) is 16.6. The van der Waals surface area contributed by atoms with Crippen LogP contribution in [0.4, 0.5) is 4.79 Å². The van der Waals surface area contributed by atoms with Crippen LogP contribution in [0.15, 0.2) is 10.9 Å². The molecule has 152 valence electrons. The van der Waals surface area contributed by atoms with E-state index in [1.807, 2.05) is 21.6 Å². The Morgan fingerprint density at radius 3 is 2.54 bits per heavy atom. The number of urea groups is 1. The van der Waals surface area contributed by atoms with Crippen molar-refractivity contribution in [2.45, 2.75) is 25.3 Å². The summed E-state index contributed by atoms with van der Waals surface area (Å²) in [5, 5.41) is 1.78. The Bertz CT molecular complexity index is 773. The molecule has 0 saturated carbocycles. The molecule has 0 aliphatic carbocycles. The molecule has 2 atom stereocenters. The fraction of sp³-hybridized carbons (Fsp3) is 0.684. The van der Waals surface area contributed by atoms with Crippen LogP contribution in [0.1, 0.15) is 30.3 Å². The van der Waals surface area contributed by atoms with Gasteiger partial charge in [0.1, 0.15) is 5.69 Å². The van der Waals surface area contributed by atoms with Gasteiger partial charge in [-0.3, -0.25) is 9.59 Å². The molecule has 8 nitrogen and oxygen atoms in total. The number of likely N-dealkylation sites (tertiary alicyclic amines) is 3. The molecule has 0 aromatic carbocycles. The van der Waals surface area contributed by atoms with Crippen molar-refractivity contribution in [1.82, 2.24) is 24.6 Å². The summed E-state index contributed by atoms with van der Waals surface area (Å²) in [5.74, 6) is 0.154. The lowest BCUT2D eigenvalue weighted by molar-refractivity contribution is -0.135. The molecular weight excluding hydrogens is 378 g/mol. The number of hydrogen-bond donors (Lipinski definition) is 0. The van der Waals surface area contributed by atoms with Gasteiger partial charge in [0.15, 0.2) is 0 Å². The Hall–Kier alpha value is -2.16. The van der Waals surface area contributed by atoms with Crippen molar-refractivity contribution in [2.75, 3.05) is 46.8 Å². The average Bonchev–Trinajstić information content (AvgIpc) is 3.40. The fourth-order valence-corrected chi connectivity index (χ4v) is 5.87. The van der Waals surface area contributed by atoms with Gasteiger partial charge in [0.25, 0.3) is 5.91 Å². The van der Waals surface area contributed by atoms with E-state index in [-0.39, 0.29) is 35.2 Å². The quantitative estimate of drug-likeness (QED) is 0.741. The first kappa shape index (κ1) is 19.2. The molecule has 4 amide bonds. The molecule has 0 bridgehead atoms. The molecule has 0 N–H and O–H groups in total. The Labute approximate surface area is 169 Å². The van der Waals surface area contributed by atoms with E-state index >= 15 is 0 Å². The van der Waals surface area contributed by atoms with Crippen molar-refractivity contribution in [3.05, 3.63) is 16.6 Å². The zero-order chi connectivity index (χ0) is 20.1. The molecular formula is C19H27N5O3S. The van der Waals surface area contributed by atoms with Crippen molar-refractivity contribution in [3.63, 3.8) is 0 Å². The topological polar surface area (TPSA) is 77.1 Å². The van der Waals surface area contributed by atoms with Crippen LogP contribution >= 0.6 is 11.3 Å². The first-order chi connectivity index (χ1) is 13.4. The van der Waals surface area contributed by atoms with Crippen molar-refractivity contribution in [3.8, 4) is 0 Å². The highest BCUT2D eigenvalue weighted by molar-refractivity contribution is 7.07. The molecule has 1 spiro atoms. The Kier molecular flexibility index (Phi) is 4.81. The Balaban J connectivity index is 1.53. The van der Waals surface area contributed by atoms with Gasteiger partial charge in [-0.1, -0.05) is 0 Å². The number of rotatable bonds is 2. The largest absolute Gasteiger partial charge is 0.337 e. The number of thiazole rings is 1. The molecule has 3 fully saturated rings. The van der Waals surface area contributed by atoms with Crippen molar-refractivity contribution in [1.29, 1.82) is 0 Å². The highest BCUT2D eigenvalue weighted by Gasteiger charge is 2.62. The van der Waals surface area contributed by atoms with E-state index in [9.17, 15) is 14.4 Å². The summed E-state index contributed by atoms with van der Waals surface area (Å²) in [6, 6.07) is -0.0310. The summed E-state index contributed by atoms with van der Waals surface area (Å²) in [6.45, 7) is 5.05. The van der Waals surface area contributed by atoms with Crippen LogP contribution in [-0.4, -0.2) is 94.8 Å². The van der Waals surface area contributed by atoms with Gasteiger partial charge in [-0.2, -0.15) is 0 Å². The van der Waals surface area contributed by atoms with E-state index < -0.39 is 0 Å². The molecule has 9 heteroatoms. The minimum Gasteiger partial charge on any atom is -0.337 e. The molecule has 3 saturated heterocycles. The Morgan fingerprint density at radius 1 is 1.25 bits per heavy atom. The van der Waals surface area contributed by atoms with Crippen LogP contribution in [0.5, 0.6) is 0 Å². The van der Waals surface area contributed by atoms with Gasteiger partial charge in [0.05, 0.1) is 17.0 Å². The van der Waals surface area contributed by atoms with Crippen LogP contribution in [0.3, 0.4) is 0 Å². The van der Waals surface area contributed by atoms with E-state index in [4.69, 9.17) is 0 Å². The van der Waals surface area contributed by atoms with Gasteiger partial charge in [-0.05, 0) is 19.8 Å². The van der Waals surface area contributed by atoms with E-state index in [0.29, 0.717) is 38.4 Å². The molecule has 28 heavy (non-hydrogen) atoms. The lowest BCUT2D eigenvalue weighted by Gasteiger charge is -2.47. The van der Waals surface area contributed by atoms with E-state index in [0.717, 1.165) is 12.8 Å². The number of piperidine rings is 1. The number of aromatic nitrogens is 1. The van der Waals surface area contributed by atoms with Crippen molar-refractivity contribution < 1.29 is 14.4 Å². The van der Waals surface area contributed by atoms with Gasteiger partial charge >= 0.3 is 6.03 Å². The predicted molar refractivity (Wildman–Crippen MR) is 105 cm³/mol. The first-order valence-electron chi connectivity index (χ1n) is 9.84. The SMILES string of the molecule is CCN1C(=O)[C@H]2CN(C(=O)N(C)C)C[C@H]2C12CCN(C(=O)c1cscn1)CC2. The van der Waals surface area contributed by atoms with Gasteiger partial charge < -0.3 is 19.6 Å². The monoisotopic (exact) mass is 405 g/mol. The van der Waals surface area contributed by atoms with Crippen LogP contribution in [0.25, 0.3) is 0 Å². The van der Waals surface area contributed by atoms with Gasteiger partial charge in [-0.15, -0.1) is 11.3 Å². The van der Waals surface area contributed by atoms with E-state index in [1.165, 1.54) is 11.3 Å². The number of carbonyl (C=O) groups is 3. The highest BCUT2D eigenvalue weighted by Crippen LogP contribution is 2.49. The second-order valence-electron chi connectivity index (χ2n) is 8.15. The minimum atomic E-state index is -0.253. The maximum atomic E-state index is 13.1. The number of fused-ring (bicyclic) bond motifs is 2. The molecule has 1 aromatic rings. The summed E-state index contributed by atoms with van der Waals surface area (Å²) in [7, 11) is 3.49. The molecule has 4 heterocycles. The molecule has 1 aromatic heterocycles. The fourth-order valence-electron chi connectivity index (χ4n) is 5.35. The smallest absolute Gasteiger partial charge is 0.319 e. The summed E-state index contributed by atoms with van der Waals surface area (Å²) >= 11 is 1.42. The van der Waals surface area contributed by atoms with E-state index in [2.05, 4.69) is 4.98 Å². The van der Waals surface area contributed by atoms with Crippen LogP contribution < -0.4 is 0 Å². The third kappa shape index (κ3) is 2.78. The second kappa shape index (κ2) is 7.02. The summed E-state index contributed by atoms with van der Waals surface area (Å²) in [6.07, 6.45) is 1.52. The maximum Gasteiger partial charge on any atom is 0.319 e. The highest BCUT2D eigenvalue weighted by atomic mass is 32.1. The number of hydrogen-bond acceptors (Lipinski definition) is 5. The minimum absolute atomic E-state index is 0.0310. The van der Waals surface area contributed by atoms with Crippen LogP contribution in [-0.2, 0) is 4.79 Å². The third-order valence-electron chi connectivity index (χ3n) is 6.67. The summed E-state index contributed by atoms with van der Waals surface area (Å²) in [5.41, 5.74) is 1.92. The van der Waals surface area contributed by atoms with Crippen LogP contribution in [0, 0.1) is 11.8 Å². The number of nitrogens with zero attached hydrogens (tertiary/aromatic N) is 5.